The molecule has 88 heavy (non-hydrogen) atoms. The lowest BCUT2D eigenvalue weighted by Gasteiger charge is -2.29. The first-order valence-corrected chi connectivity index (χ1v) is 30.0. The van der Waals surface area contributed by atoms with Gasteiger partial charge < -0.3 is 102 Å². The summed E-state index contributed by atoms with van der Waals surface area (Å²) in [5.74, 6) is -11.2. The number of carbonyl (C=O) groups excluding carboxylic acids is 12. The van der Waals surface area contributed by atoms with E-state index in [4.69, 9.17) is 33.4 Å². The Hall–Kier alpha value is -7.42. The Morgan fingerprint density at radius 3 is 1.60 bits per heavy atom. The summed E-state index contributed by atoms with van der Waals surface area (Å²) in [6, 6.07) is -6.74. The van der Waals surface area contributed by atoms with E-state index in [1.54, 1.807) is 44.2 Å². The topological polar surface area (TPSA) is 517 Å². The maximum atomic E-state index is 14.6. The van der Waals surface area contributed by atoms with Crippen molar-refractivity contribution in [3.05, 3.63) is 35.9 Å². The highest BCUT2D eigenvalue weighted by Gasteiger charge is 2.39. The fraction of sp³-hybridized carbons (Fsp3) is 0.684. The number of esters is 1. The number of aliphatic hydroxyl groups excluding tert-OH is 2. The number of aliphatic hydroxyl groups is 2. The number of unbranched alkanes of at least 4 members (excludes halogenated alkanes) is 1. The number of ether oxygens (including phenoxy) is 1. The van der Waals surface area contributed by atoms with Gasteiger partial charge in [0.15, 0.2) is 0 Å². The number of nitrogens with one attached hydrogen (secondary N) is 11. The third-order valence-electron chi connectivity index (χ3n) is 14.1. The fourth-order valence-corrected chi connectivity index (χ4v) is 9.09. The number of nitrogens with two attached hydrogens (primary N) is 5. The molecule has 0 spiro atoms. The lowest BCUT2D eigenvalue weighted by Crippen LogP contribution is -2.62. The average Bonchev–Trinajstić information content (AvgIpc) is 3.65. The third-order valence-corrected chi connectivity index (χ3v) is 14.1. The van der Waals surface area contributed by atoms with E-state index in [1.807, 2.05) is 6.92 Å². The molecule has 2 unspecified atom stereocenters. The first-order valence-electron chi connectivity index (χ1n) is 30.0. The van der Waals surface area contributed by atoms with Gasteiger partial charge in [0.25, 0.3) is 0 Å². The van der Waals surface area contributed by atoms with Crippen LogP contribution in [-0.4, -0.2) is 200 Å². The van der Waals surface area contributed by atoms with Crippen molar-refractivity contribution in [1.29, 1.82) is 0 Å². The second-order valence-corrected chi connectivity index (χ2v) is 22.8. The predicted molar refractivity (Wildman–Crippen MR) is 323 cm³/mol. The monoisotopic (exact) mass is 1250 g/mol. The SMILES string of the molecule is CCCCOC(=O)C(C)(C)CC(=O)N[C@@H](CCN)C(=O)N[C@H](C(=O)N[C@@H](CCN)C(=O)N[C@H]1CCNC(=O)[C@H](C(C)O)NC(=O)[C@H](CCN)NC(=O)[C@H](CCN)NC(=O)[C@H](CC(C)C)NC(=O)[C@@H](Cc2ccccc2)NC(=O)[C@H](CCN)NC1=O)C(C)O. The van der Waals surface area contributed by atoms with E-state index in [1.165, 1.54) is 20.8 Å². The third kappa shape index (κ3) is 26.5. The number of carbonyl (C=O) groups is 12. The summed E-state index contributed by atoms with van der Waals surface area (Å²) in [6.07, 6.45) is -3.87. The molecule has 0 bridgehead atoms. The molecule has 0 saturated carbocycles. The Morgan fingerprint density at radius 2 is 1.10 bits per heavy atom. The van der Waals surface area contributed by atoms with Crippen LogP contribution >= 0.6 is 0 Å². The summed E-state index contributed by atoms with van der Waals surface area (Å²) in [5, 5.41) is 49.4. The number of hydrogen-bond donors (Lipinski definition) is 18. The molecule has 1 saturated heterocycles. The van der Waals surface area contributed by atoms with E-state index in [2.05, 4.69) is 58.5 Å². The smallest absolute Gasteiger partial charge is 0.312 e. The van der Waals surface area contributed by atoms with Crippen molar-refractivity contribution in [3.63, 3.8) is 0 Å². The van der Waals surface area contributed by atoms with Gasteiger partial charge in [-0.25, -0.2) is 0 Å². The van der Waals surface area contributed by atoms with Gasteiger partial charge in [0.2, 0.25) is 65.0 Å². The van der Waals surface area contributed by atoms with E-state index >= 15 is 0 Å². The highest BCUT2D eigenvalue weighted by atomic mass is 16.5. The number of benzene rings is 1. The van der Waals surface area contributed by atoms with Gasteiger partial charge >= 0.3 is 5.97 Å². The van der Waals surface area contributed by atoms with E-state index < -0.39 is 162 Å². The summed E-state index contributed by atoms with van der Waals surface area (Å²) in [6.45, 7) is 9.58. The molecule has 31 nitrogen and oxygen atoms in total. The molecule has 0 aliphatic carbocycles. The van der Waals surface area contributed by atoms with Crippen LogP contribution in [0.3, 0.4) is 0 Å². The van der Waals surface area contributed by atoms with Crippen LogP contribution in [0.25, 0.3) is 0 Å². The van der Waals surface area contributed by atoms with Crippen LogP contribution in [-0.2, 0) is 68.7 Å². The molecule has 1 aromatic rings. The van der Waals surface area contributed by atoms with Crippen molar-refractivity contribution >= 4 is 70.9 Å². The maximum Gasteiger partial charge on any atom is 0.312 e. The largest absolute Gasteiger partial charge is 0.465 e. The van der Waals surface area contributed by atoms with Gasteiger partial charge in [0.1, 0.15) is 60.4 Å². The molecule has 2 rings (SSSR count). The zero-order chi connectivity index (χ0) is 66.3. The first kappa shape index (κ1) is 76.7. The van der Waals surface area contributed by atoms with Gasteiger partial charge in [-0.15, -0.1) is 0 Å². The number of hydrogen-bond acceptors (Lipinski definition) is 20. The van der Waals surface area contributed by atoms with Crippen molar-refractivity contribution in [2.75, 3.05) is 45.9 Å². The zero-order valence-corrected chi connectivity index (χ0v) is 51.7. The van der Waals surface area contributed by atoms with Crippen LogP contribution in [0.2, 0.25) is 0 Å². The minimum Gasteiger partial charge on any atom is -0.465 e. The van der Waals surface area contributed by atoms with Crippen molar-refractivity contribution in [2.45, 2.75) is 192 Å². The van der Waals surface area contributed by atoms with Crippen LogP contribution in [0.5, 0.6) is 0 Å². The van der Waals surface area contributed by atoms with Crippen molar-refractivity contribution in [2.24, 2.45) is 40.0 Å². The Kier molecular flexibility index (Phi) is 34.4. The van der Waals surface area contributed by atoms with Gasteiger partial charge in [-0.05, 0) is 123 Å². The van der Waals surface area contributed by atoms with E-state index in [-0.39, 0.29) is 96.6 Å². The van der Waals surface area contributed by atoms with E-state index in [9.17, 15) is 67.7 Å². The molecule has 12 atom stereocenters. The van der Waals surface area contributed by atoms with Crippen LogP contribution in [0.4, 0.5) is 0 Å². The molecule has 496 valence electrons. The highest BCUT2D eigenvalue weighted by Crippen LogP contribution is 2.23. The van der Waals surface area contributed by atoms with Crippen LogP contribution < -0.4 is 87.2 Å². The molecule has 1 aliphatic rings. The molecular weight excluding hydrogens is 1150 g/mol. The molecule has 0 aromatic heterocycles. The summed E-state index contributed by atoms with van der Waals surface area (Å²) in [5.41, 5.74) is 28.6. The summed E-state index contributed by atoms with van der Waals surface area (Å²) in [7, 11) is 0. The molecule has 11 amide bonds. The number of amides is 11. The molecule has 1 heterocycles. The van der Waals surface area contributed by atoms with Crippen LogP contribution in [0.1, 0.15) is 118 Å². The Balaban J connectivity index is 2.68. The average molecular weight is 1250 g/mol. The maximum absolute atomic E-state index is 14.6. The van der Waals surface area contributed by atoms with Crippen LogP contribution in [0.15, 0.2) is 30.3 Å². The molecule has 23 N–H and O–H groups in total. The lowest BCUT2D eigenvalue weighted by atomic mass is 9.89. The number of rotatable bonds is 29. The molecular formula is C57H98N16O15. The van der Waals surface area contributed by atoms with Crippen molar-refractivity contribution < 1.29 is 72.5 Å². The standard InChI is InChI=1S/C57H98N16O15/c1-8-9-27-88-56(87)57(6,7)30-43(76)64-35(15-21-58)50(81)73-45(33(5)75)55(86)69-38(18-24-61)47(78)68-40-20-26-63-54(85)44(32(4)74)72-51(82)39(19-25-62)66-46(77)36(16-22-59)67-52(83)41(28-31(2)3)70-53(84)42(29-34-13-11-10-12-14-34)71-48(79)37(17-23-60)65-49(40)80/h10-14,31-33,35-42,44-45,74-75H,8-9,15-30,58-62H2,1-7H3,(H,63,85)(H,64,76)(H,65,80)(H,66,77)(H,67,83)(H,68,78)(H,69,86)(H,70,84)(H,71,79)(H,72,82)(H,73,81)/t32?,33?,35-,36-,37-,38-,39-,40-,41-,42+,44-,45-/m0/s1. The normalized spacial score (nSPS) is 22.3. The van der Waals surface area contributed by atoms with Gasteiger partial charge in [0.05, 0.1) is 24.2 Å². The highest BCUT2D eigenvalue weighted by molar-refractivity contribution is 5.99. The Labute approximate surface area is 513 Å². The second kappa shape index (κ2) is 39.5. The second-order valence-electron chi connectivity index (χ2n) is 22.8. The van der Waals surface area contributed by atoms with Crippen LogP contribution in [0, 0.1) is 11.3 Å². The van der Waals surface area contributed by atoms with Crippen molar-refractivity contribution in [3.8, 4) is 0 Å². The molecule has 0 radical (unpaired) electrons. The minimum absolute atomic E-state index is 0.0331. The Bertz CT molecular complexity index is 2470. The molecule has 1 fully saturated rings. The Morgan fingerprint density at radius 1 is 0.614 bits per heavy atom. The van der Waals surface area contributed by atoms with Gasteiger partial charge in [0, 0.05) is 19.4 Å². The summed E-state index contributed by atoms with van der Waals surface area (Å²) < 4.78 is 5.29. The van der Waals surface area contributed by atoms with Gasteiger partial charge in [-0.3, -0.25) is 57.5 Å². The van der Waals surface area contributed by atoms with Gasteiger partial charge in [-0.1, -0.05) is 57.5 Å². The fourth-order valence-electron chi connectivity index (χ4n) is 9.09. The minimum atomic E-state index is -1.79. The molecule has 1 aromatic carbocycles. The van der Waals surface area contributed by atoms with Crippen molar-refractivity contribution in [1.82, 2.24) is 58.5 Å². The zero-order valence-electron chi connectivity index (χ0n) is 51.7. The predicted octanol–water partition coefficient (Wildman–Crippen LogP) is -6.09. The quantitative estimate of drug-likeness (QED) is 0.0262. The molecule has 1 aliphatic heterocycles. The van der Waals surface area contributed by atoms with E-state index in [0.29, 0.717) is 12.0 Å². The summed E-state index contributed by atoms with van der Waals surface area (Å²) >= 11 is 0. The van der Waals surface area contributed by atoms with E-state index in [0.717, 1.165) is 13.3 Å². The lowest BCUT2D eigenvalue weighted by molar-refractivity contribution is -0.156. The van der Waals surface area contributed by atoms with Gasteiger partial charge in [-0.2, -0.15) is 0 Å². The molecule has 31 heteroatoms. The first-order chi connectivity index (χ1) is 41.6. The summed E-state index contributed by atoms with van der Waals surface area (Å²) in [4.78, 5) is 167.